The number of hydrogen-bond donors (Lipinski definition) is 0. The fourth-order valence-electron chi connectivity index (χ4n) is 2.84. The fourth-order valence-corrected chi connectivity index (χ4v) is 3.75. The van der Waals surface area contributed by atoms with Crippen LogP contribution in [0.25, 0.3) is 0 Å². The van der Waals surface area contributed by atoms with Crippen molar-refractivity contribution < 1.29 is 13.2 Å². The maximum absolute atomic E-state index is 12.4. The van der Waals surface area contributed by atoms with E-state index in [2.05, 4.69) is 0 Å². The van der Waals surface area contributed by atoms with Crippen molar-refractivity contribution in [2.24, 2.45) is 0 Å². The first-order chi connectivity index (χ1) is 11.2. The molecular formula is C18H30N2O3S. The summed E-state index contributed by atoms with van der Waals surface area (Å²) in [5, 5.41) is 0. The maximum Gasteiger partial charge on any atom is 0.232 e. The quantitative estimate of drug-likeness (QED) is 0.685. The van der Waals surface area contributed by atoms with E-state index in [0.29, 0.717) is 5.69 Å². The number of anilines is 1. The zero-order chi connectivity index (χ0) is 18.3. The standard InChI is InChI=1S/C18H30N2O3S/c1-6-9-19(10-7-2)18(21)8-11-20(24(5,22)23)17-13-15(3)12-16(4)14-17/h12-14H,6-11H2,1-5H3. The van der Waals surface area contributed by atoms with Gasteiger partial charge < -0.3 is 4.90 Å². The molecule has 6 heteroatoms. The van der Waals surface area contributed by atoms with E-state index < -0.39 is 10.0 Å². The number of rotatable bonds is 9. The molecule has 24 heavy (non-hydrogen) atoms. The van der Waals surface area contributed by atoms with Gasteiger partial charge in [0, 0.05) is 26.1 Å². The number of aryl methyl sites for hydroxylation is 2. The van der Waals surface area contributed by atoms with Gasteiger partial charge in [0.2, 0.25) is 15.9 Å². The molecule has 0 saturated heterocycles. The number of sulfonamides is 1. The van der Waals surface area contributed by atoms with E-state index in [4.69, 9.17) is 0 Å². The molecule has 0 saturated carbocycles. The molecular weight excluding hydrogens is 324 g/mol. The molecule has 0 radical (unpaired) electrons. The highest BCUT2D eigenvalue weighted by Gasteiger charge is 2.21. The van der Waals surface area contributed by atoms with Gasteiger partial charge in [-0.25, -0.2) is 8.42 Å². The van der Waals surface area contributed by atoms with E-state index in [0.717, 1.165) is 37.1 Å². The lowest BCUT2D eigenvalue weighted by Gasteiger charge is -2.26. The van der Waals surface area contributed by atoms with E-state index in [1.165, 1.54) is 10.6 Å². The molecule has 0 bridgehead atoms. The van der Waals surface area contributed by atoms with Crippen molar-refractivity contribution in [3.05, 3.63) is 29.3 Å². The third-order valence-corrected chi connectivity index (χ3v) is 4.96. The molecule has 0 heterocycles. The number of carbonyl (C=O) groups excluding carboxylic acids is 1. The second-order valence-corrected chi connectivity index (χ2v) is 8.22. The number of nitrogens with zero attached hydrogens (tertiary/aromatic N) is 2. The van der Waals surface area contributed by atoms with Crippen LogP contribution < -0.4 is 4.31 Å². The number of benzene rings is 1. The molecule has 0 aromatic heterocycles. The molecule has 5 nitrogen and oxygen atoms in total. The van der Waals surface area contributed by atoms with Gasteiger partial charge in [-0.2, -0.15) is 0 Å². The summed E-state index contributed by atoms with van der Waals surface area (Å²) >= 11 is 0. The van der Waals surface area contributed by atoms with E-state index in [9.17, 15) is 13.2 Å². The average Bonchev–Trinajstić information content (AvgIpc) is 2.44. The summed E-state index contributed by atoms with van der Waals surface area (Å²) in [6.45, 7) is 9.55. The van der Waals surface area contributed by atoms with E-state index >= 15 is 0 Å². The number of hydrogen-bond acceptors (Lipinski definition) is 3. The minimum absolute atomic E-state index is 0.0109. The molecule has 0 atom stereocenters. The lowest BCUT2D eigenvalue weighted by atomic mass is 10.1. The molecule has 1 aromatic carbocycles. The predicted octanol–water partition coefficient (Wildman–Crippen LogP) is 3.11. The van der Waals surface area contributed by atoms with Crippen molar-refractivity contribution in [1.82, 2.24) is 4.90 Å². The van der Waals surface area contributed by atoms with Gasteiger partial charge >= 0.3 is 0 Å². The van der Waals surface area contributed by atoms with Gasteiger partial charge in [0.15, 0.2) is 0 Å². The number of amides is 1. The van der Waals surface area contributed by atoms with Gasteiger partial charge in [-0.05, 0) is 49.9 Å². The van der Waals surface area contributed by atoms with E-state index in [-0.39, 0.29) is 18.9 Å². The summed E-state index contributed by atoms with van der Waals surface area (Å²) in [4.78, 5) is 14.2. The third kappa shape index (κ3) is 6.15. The van der Waals surface area contributed by atoms with Crippen LogP contribution in [0.4, 0.5) is 5.69 Å². The Balaban J connectivity index is 2.94. The second kappa shape index (κ2) is 9.06. The van der Waals surface area contributed by atoms with Gasteiger partial charge in [0.25, 0.3) is 0 Å². The molecule has 136 valence electrons. The van der Waals surface area contributed by atoms with Crippen LogP contribution in [-0.4, -0.2) is 45.1 Å². The lowest BCUT2D eigenvalue weighted by Crippen LogP contribution is -2.37. The normalized spacial score (nSPS) is 11.4. The van der Waals surface area contributed by atoms with Gasteiger partial charge in [-0.1, -0.05) is 19.9 Å². The summed E-state index contributed by atoms with van der Waals surface area (Å²) in [7, 11) is -3.43. The van der Waals surface area contributed by atoms with E-state index in [1.54, 1.807) is 0 Å². The average molecular weight is 355 g/mol. The van der Waals surface area contributed by atoms with Crippen LogP contribution in [0.3, 0.4) is 0 Å². The Kier molecular flexibility index (Phi) is 7.73. The highest BCUT2D eigenvalue weighted by molar-refractivity contribution is 7.92. The van der Waals surface area contributed by atoms with Crippen LogP contribution in [0.15, 0.2) is 18.2 Å². The Bertz CT molecular complexity index is 630. The zero-order valence-corrected chi connectivity index (χ0v) is 16.3. The molecule has 0 N–H and O–H groups in total. The SMILES string of the molecule is CCCN(CCC)C(=O)CCN(c1cc(C)cc(C)c1)S(C)(=O)=O. The van der Waals surface area contributed by atoms with Crippen LogP contribution in [0, 0.1) is 13.8 Å². The largest absolute Gasteiger partial charge is 0.343 e. The van der Waals surface area contributed by atoms with Gasteiger partial charge in [0.1, 0.15) is 0 Å². The van der Waals surface area contributed by atoms with Gasteiger partial charge in [-0.15, -0.1) is 0 Å². The van der Waals surface area contributed by atoms with Crippen LogP contribution in [-0.2, 0) is 14.8 Å². The van der Waals surface area contributed by atoms with Crippen molar-refractivity contribution in [2.45, 2.75) is 47.0 Å². The summed E-state index contributed by atoms with van der Waals surface area (Å²) in [6.07, 6.45) is 3.18. The van der Waals surface area contributed by atoms with Crippen molar-refractivity contribution in [1.29, 1.82) is 0 Å². The first kappa shape index (κ1) is 20.5. The van der Waals surface area contributed by atoms with Crippen molar-refractivity contribution in [3.8, 4) is 0 Å². The Morgan fingerprint density at radius 1 is 0.958 bits per heavy atom. The Morgan fingerprint density at radius 2 is 1.46 bits per heavy atom. The summed E-state index contributed by atoms with van der Waals surface area (Å²) in [5.74, 6) is 0.0109. The highest BCUT2D eigenvalue weighted by Crippen LogP contribution is 2.21. The fraction of sp³-hybridized carbons (Fsp3) is 0.611. The lowest BCUT2D eigenvalue weighted by molar-refractivity contribution is -0.131. The summed E-state index contributed by atoms with van der Waals surface area (Å²) in [5.41, 5.74) is 2.63. The second-order valence-electron chi connectivity index (χ2n) is 6.31. The van der Waals surface area contributed by atoms with Gasteiger partial charge in [0.05, 0.1) is 11.9 Å². The van der Waals surface area contributed by atoms with Crippen LogP contribution in [0.2, 0.25) is 0 Å². The van der Waals surface area contributed by atoms with Crippen molar-refractivity contribution in [2.75, 3.05) is 30.2 Å². The summed E-state index contributed by atoms with van der Waals surface area (Å²) in [6, 6.07) is 5.68. The Labute approximate surface area is 146 Å². The topological polar surface area (TPSA) is 57.7 Å². The molecule has 0 fully saturated rings. The maximum atomic E-state index is 12.4. The smallest absolute Gasteiger partial charge is 0.232 e. The van der Waals surface area contributed by atoms with Crippen LogP contribution >= 0.6 is 0 Å². The van der Waals surface area contributed by atoms with Crippen molar-refractivity contribution in [3.63, 3.8) is 0 Å². The van der Waals surface area contributed by atoms with Gasteiger partial charge in [-0.3, -0.25) is 9.10 Å². The third-order valence-electron chi connectivity index (χ3n) is 3.76. The van der Waals surface area contributed by atoms with E-state index in [1.807, 2.05) is 50.8 Å². The first-order valence-corrected chi connectivity index (χ1v) is 10.4. The minimum Gasteiger partial charge on any atom is -0.343 e. The molecule has 1 amide bonds. The Hall–Kier alpha value is -1.56. The minimum atomic E-state index is -3.43. The molecule has 1 rings (SSSR count). The predicted molar refractivity (Wildman–Crippen MR) is 99.9 cm³/mol. The zero-order valence-electron chi connectivity index (χ0n) is 15.5. The monoisotopic (exact) mass is 354 g/mol. The molecule has 0 unspecified atom stereocenters. The molecule has 0 spiro atoms. The molecule has 0 aliphatic carbocycles. The highest BCUT2D eigenvalue weighted by atomic mass is 32.2. The molecule has 0 aliphatic heterocycles. The van der Waals surface area contributed by atoms with Crippen molar-refractivity contribution >= 4 is 21.6 Å². The summed E-state index contributed by atoms with van der Waals surface area (Å²) < 4.78 is 25.7. The number of carbonyl (C=O) groups is 1. The molecule has 1 aromatic rings. The van der Waals surface area contributed by atoms with Crippen LogP contribution in [0.1, 0.15) is 44.2 Å². The van der Waals surface area contributed by atoms with Crippen LogP contribution in [0.5, 0.6) is 0 Å². The Morgan fingerprint density at radius 3 is 1.88 bits per heavy atom. The first-order valence-electron chi connectivity index (χ1n) is 8.52. The molecule has 0 aliphatic rings.